The van der Waals surface area contributed by atoms with E-state index in [1.807, 2.05) is 31.2 Å². The van der Waals surface area contributed by atoms with Crippen LogP contribution >= 0.6 is 0 Å². The third-order valence-electron chi connectivity index (χ3n) is 5.17. The van der Waals surface area contributed by atoms with Crippen LogP contribution in [0.15, 0.2) is 41.4 Å². The van der Waals surface area contributed by atoms with Crippen molar-refractivity contribution in [3.63, 3.8) is 0 Å². The lowest BCUT2D eigenvalue weighted by molar-refractivity contribution is 0.0729. The highest BCUT2D eigenvalue weighted by molar-refractivity contribution is 6.07. The number of aliphatic hydroxyl groups excluding tert-OH is 1. The fraction of sp³-hybridized carbons (Fsp3) is 0.417. The topological polar surface area (TPSA) is 77.4 Å². The minimum atomic E-state index is -0.489. The molecule has 0 saturated heterocycles. The van der Waals surface area contributed by atoms with E-state index in [1.54, 1.807) is 19.2 Å². The summed E-state index contributed by atoms with van der Waals surface area (Å²) in [6.07, 6.45) is 3.39. The van der Waals surface area contributed by atoms with Crippen LogP contribution in [0.1, 0.15) is 54.1 Å². The number of nitrogens with zero attached hydrogens (tertiary/aromatic N) is 1. The summed E-state index contributed by atoms with van der Waals surface area (Å²) in [5, 5.41) is 9.44. The Bertz CT molecular complexity index is 908. The van der Waals surface area contributed by atoms with Gasteiger partial charge in [-0.3, -0.25) is 4.99 Å². The van der Waals surface area contributed by atoms with Gasteiger partial charge in [-0.25, -0.2) is 4.79 Å². The molecule has 0 saturated carbocycles. The summed E-state index contributed by atoms with van der Waals surface area (Å²) < 4.78 is 17.3. The van der Waals surface area contributed by atoms with Crippen molar-refractivity contribution < 1.29 is 24.1 Å². The van der Waals surface area contributed by atoms with Gasteiger partial charge in [0.25, 0.3) is 0 Å². The molecule has 1 heterocycles. The van der Waals surface area contributed by atoms with Crippen molar-refractivity contribution in [1.82, 2.24) is 0 Å². The van der Waals surface area contributed by atoms with Crippen LogP contribution in [0.25, 0.3) is 0 Å². The maximum absolute atomic E-state index is 13.1. The Labute approximate surface area is 177 Å². The molecule has 6 heteroatoms. The zero-order chi connectivity index (χ0) is 21.5. The van der Waals surface area contributed by atoms with E-state index in [9.17, 15) is 9.90 Å². The van der Waals surface area contributed by atoms with Crippen molar-refractivity contribution in [2.75, 3.05) is 20.3 Å². The monoisotopic (exact) mass is 411 g/mol. The van der Waals surface area contributed by atoms with Gasteiger partial charge < -0.3 is 19.3 Å². The number of hydrogen-bond acceptors (Lipinski definition) is 6. The van der Waals surface area contributed by atoms with E-state index in [0.717, 1.165) is 37.0 Å². The first-order valence-corrected chi connectivity index (χ1v) is 10.4. The molecule has 2 aromatic carbocycles. The van der Waals surface area contributed by atoms with E-state index in [1.165, 1.54) is 0 Å². The van der Waals surface area contributed by atoms with Gasteiger partial charge in [0.05, 0.1) is 26.4 Å². The Hall–Kier alpha value is -2.86. The van der Waals surface area contributed by atoms with Crippen molar-refractivity contribution in [2.24, 2.45) is 4.99 Å². The second kappa shape index (κ2) is 10.3. The van der Waals surface area contributed by atoms with Crippen LogP contribution in [0.5, 0.6) is 17.2 Å². The van der Waals surface area contributed by atoms with Gasteiger partial charge in [0.1, 0.15) is 22.8 Å². The Kier molecular flexibility index (Phi) is 7.46. The summed E-state index contributed by atoms with van der Waals surface area (Å²) in [6.45, 7) is 4.43. The van der Waals surface area contributed by atoms with Crippen molar-refractivity contribution in [3.05, 3.63) is 53.1 Å². The number of rotatable bonds is 9. The minimum Gasteiger partial charge on any atom is -0.496 e. The molecule has 3 rings (SSSR count). The smallest absolute Gasteiger partial charge is 0.347 e. The highest BCUT2D eigenvalue weighted by Gasteiger charge is 2.28. The molecule has 2 aromatic rings. The Morgan fingerprint density at radius 1 is 1.27 bits per heavy atom. The molecule has 0 aromatic heterocycles. The molecule has 30 heavy (non-hydrogen) atoms. The summed E-state index contributed by atoms with van der Waals surface area (Å²) in [5.41, 5.74) is 2.66. The molecule has 6 nitrogen and oxygen atoms in total. The third-order valence-corrected chi connectivity index (χ3v) is 5.17. The number of para-hydroxylation sites is 1. The van der Waals surface area contributed by atoms with Gasteiger partial charge in [-0.1, -0.05) is 31.5 Å². The van der Waals surface area contributed by atoms with Crippen LogP contribution in [-0.2, 0) is 0 Å². The second-order valence-corrected chi connectivity index (χ2v) is 7.31. The number of aliphatic imine (C=N–C) groups is 1. The lowest BCUT2D eigenvalue weighted by Crippen LogP contribution is -2.16. The molecular formula is C24H29NO5. The van der Waals surface area contributed by atoms with Crippen molar-refractivity contribution in [3.8, 4) is 17.2 Å². The maximum atomic E-state index is 13.1. The number of aliphatic hydroxyl groups is 1. The van der Waals surface area contributed by atoms with Gasteiger partial charge in [0.2, 0.25) is 0 Å². The number of benzene rings is 2. The number of esters is 1. The Morgan fingerprint density at radius 2 is 2.03 bits per heavy atom. The second-order valence-electron chi connectivity index (χ2n) is 7.31. The van der Waals surface area contributed by atoms with Gasteiger partial charge >= 0.3 is 5.97 Å². The first-order valence-electron chi connectivity index (χ1n) is 10.4. The van der Waals surface area contributed by atoms with Crippen LogP contribution in [-0.4, -0.2) is 43.2 Å². The number of hydrogen-bond donors (Lipinski definition) is 1. The molecule has 0 spiro atoms. The number of ether oxygens (including phenoxy) is 3. The molecule has 0 aliphatic carbocycles. The molecule has 0 unspecified atom stereocenters. The quantitative estimate of drug-likeness (QED) is 0.377. The predicted molar refractivity (Wildman–Crippen MR) is 116 cm³/mol. The van der Waals surface area contributed by atoms with Crippen LogP contribution < -0.4 is 14.2 Å². The van der Waals surface area contributed by atoms with Gasteiger partial charge in [0.15, 0.2) is 0 Å². The summed E-state index contributed by atoms with van der Waals surface area (Å²) in [6, 6.07) is 10.7. The van der Waals surface area contributed by atoms with E-state index in [4.69, 9.17) is 14.2 Å². The fourth-order valence-corrected chi connectivity index (χ4v) is 3.58. The normalized spacial score (nSPS) is 15.6. The minimum absolute atomic E-state index is 0.0200. The van der Waals surface area contributed by atoms with E-state index in [-0.39, 0.29) is 12.6 Å². The maximum Gasteiger partial charge on any atom is 0.347 e. The van der Waals surface area contributed by atoms with Gasteiger partial charge in [-0.15, -0.1) is 0 Å². The molecule has 160 valence electrons. The molecular weight excluding hydrogens is 382 g/mol. The van der Waals surface area contributed by atoms with Gasteiger partial charge in [0, 0.05) is 16.8 Å². The van der Waals surface area contributed by atoms with Gasteiger partial charge in [-0.2, -0.15) is 0 Å². The lowest BCUT2D eigenvalue weighted by atomic mass is 9.97. The summed E-state index contributed by atoms with van der Waals surface area (Å²) in [7, 11) is 1.58. The summed E-state index contributed by atoms with van der Waals surface area (Å²) in [5.74, 6) is 1.02. The van der Waals surface area contributed by atoms with Crippen molar-refractivity contribution in [2.45, 2.75) is 45.6 Å². The molecule has 0 amide bonds. The summed E-state index contributed by atoms with van der Waals surface area (Å²) >= 11 is 0. The third kappa shape index (κ3) is 4.82. The van der Waals surface area contributed by atoms with Crippen LogP contribution in [0.2, 0.25) is 0 Å². The molecule has 1 aliphatic rings. The zero-order valence-corrected chi connectivity index (χ0v) is 17.8. The van der Waals surface area contributed by atoms with Crippen molar-refractivity contribution in [1.29, 1.82) is 0 Å². The zero-order valence-electron chi connectivity index (χ0n) is 17.8. The lowest BCUT2D eigenvalue weighted by Gasteiger charge is -2.19. The van der Waals surface area contributed by atoms with E-state index in [0.29, 0.717) is 35.0 Å². The van der Waals surface area contributed by atoms with E-state index in [2.05, 4.69) is 11.9 Å². The largest absolute Gasteiger partial charge is 0.496 e. The number of methoxy groups -OCH3 is 1. The first-order chi connectivity index (χ1) is 14.6. The number of carbonyl (C=O) groups excluding carboxylic acids is 1. The SMILES string of the molecule is CCCCOc1cc(C2=N[C@H](CO)CC2)c(OC)c(C)c1C(=O)Oc1ccccc1. The van der Waals surface area contributed by atoms with E-state index >= 15 is 0 Å². The number of carbonyl (C=O) groups is 1. The number of unbranched alkanes of at least 4 members (excludes halogenated alkanes) is 1. The van der Waals surface area contributed by atoms with E-state index < -0.39 is 5.97 Å². The Balaban J connectivity index is 2.04. The van der Waals surface area contributed by atoms with Crippen LogP contribution in [0.3, 0.4) is 0 Å². The fourth-order valence-electron chi connectivity index (χ4n) is 3.58. The standard InChI is InChI=1S/C24H29NO5/c1-4-5-13-29-21-14-19(20-12-11-17(15-26)25-20)23(28-3)16(2)22(21)24(27)30-18-9-7-6-8-10-18/h6-10,14,17,26H,4-5,11-13,15H2,1-3H3/t17-/m0/s1. The average molecular weight is 411 g/mol. The first kappa shape index (κ1) is 21.8. The summed E-state index contributed by atoms with van der Waals surface area (Å²) in [4.78, 5) is 17.7. The molecule has 0 bridgehead atoms. The van der Waals surface area contributed by atoms with Crippen LogP contribution in [0.4, 0.5) is 0 Å². The average Bonchev–Trinajstić information content (AvgIpc) is 3.23. The molecule has 0 fully saturated rings. The van der Waals surface area contributed by atoms with Gasteiger partial charge in [-0.05, 0) is 44.4 Å². The highest BCUT2D eigenvalue weighted by Crippen LogP contribution is 2.37. The van der Waals surface area contributed by atoms with Crippen LogP contribution in [0, 0.1) is 6.92 Å². The molecule has 0 radical (unpaired) electrons. The van der Waals surface area contributed by atoms with Crippen molar-refractivity contribution >= 4 is 11.7 Å². The predicted octanol–water partition coefficient (Wildman–Crippen LogP) is 4.35. The molecule has 1 aliphatic heterocycles. The Morgan fingerprint density at radius 3 is 2.67 bits per heavy atom. The molecule has 1 atom stereocenters. The molecule has 1 N–H and O–H groups in total. The highest BCUT2D eigenvalue weighted by atomic mass is 16.5.